The third kappa shape index (κ3) is 3.50. The van der Waals surface area contributed by atoms with E-state index in [-0.39, 0.29) is 18.1 Å². The highest BCUT2D eigenvalue weighted by molar-refractivity contribution is 5.92. The standard InChI is InChI=1S/C16H19FN4O2/c1-23-14-3-2-10(6-12(14)17)7-15(22)20-13-9-19-21-16(13)11-4-5-18-8-11/h2-3,6,9,11,18H,4-5,7-8H2,1H3,(H,19,21)(H,20,22). The van der Waals surface area contributed by atoms with Gasteiger partial charge in [0.25, 0.3) is 0 Å². The molecule has 23 heavy (non-hydrogen) atoms. The predicted molar refractivity (Wildman–Crippen MR) is 84.1 cm³/mol. The van der Waals surface area contributed by atoms with Gasteiger partial charge >= 0.3 is 0 Å². The molecule has 0 bridgehead atoms. The average Bonchev–Trinajstić information content (AvgIpc) is 3.18. The number of aromatic nitrogens is 2. The second kappa shape index (κ2) is 6.78. The molecule has 1 amide bonds. The van der Waals surface area contributed by atoms with Gasteiger partial charge in [0.15, 0.2) is 11.6 Å². The number of carbonyl (C=O) groups is 1. The second-order valence-corrected chi connectivity index (χ2v) is 5.58. The lowest BCUT2D eigenvalue weighted by Crippen LogP contribution is -2.16. The van der Waals surface area contributed by atoms with Crippen LogP contribution in [0.1, 0.15) is 23.6 Å². The summed E-state index contributed by atoms with van der Waals surface area (Å²) in [5.74, 6) is -0.187. The summed E-state index contributed by atoms with van der Waals surface area (Å²) < 4.78 is 18.5. The monoisotopic (exact) mass is 318 g/mol. The topological polar surface area (TPSA) is 79.0 Å². The van der Waals surface area contributed by atoms with Crippen LogP contribution in [0.3, 0.4) is 0 Å². The fourth-order valence-corrected chi connectivity index (χ4v) is 2.81. The first-order valence-corrected chi connectivity index (χ1v) is 7.53. The van der Waals surface area contributed by atoms with Crippen molar-refractivity contribution in [2.45, 2.75) is 18.8 Å². The maximum atomic E-state index is 13.7. The number of aromatic amines is 1. The van der Waals surface area contributed by atoms with Crippen molar-refractivity contribution in [3.05, 3.63) is 41.5 Å². The molecule has 2 aromatic rings. The number of ether oxygens (including phenoxy) is 1. The van der Waals surface area contributed by atoms with Crippen LogP contribution in [-0.2, 0) is 11.2 Å². The molecule has 1 aliphatic rings. The minimum atomic E-state index is -0.473. The third-order valence-corrected chi connectivity index (χ3v) is 3.99. The lowest BCUT2D eigenvalue weighted by atomic mass is 10.0. The second-order valence-electron chi connectivity index (χ2n) is 5.58. The van der Waals surface area contributed by atoms with Crippen LogP contribution in [0.15, 0.2) is 24.4 Å². The molecule has 1 atom stereocenters. The Hall–Kier alpha value is -2.41. The summed E-state index contributed by atoms with van der Waals surface area (Å²) in [6.07, 6.45) is 2.71. The summed E-state index contributed by atoms with van der Waals surface area (Å²) in [6, 6.07) is 4.51. The van der Waals surface area contributed by atoms with Gasteiger partial charge in [-0.2, -0.15) is 5.10 Å². The summed E-state index contributed by atoms with van der Waals surface area (Å²) >= 11 is 0. The Bertz CT molecular complexity index is 695. The van der Waals surface area contributed by atoms with Crippen molar-refractivity contribution >= 4 is 11.6 Å². The molecular weight excluding hydrogens is 299 g/mol. The number of rotatable bonds is 5. The lowest BCUT2D eigenvalue weighted by molar-refractivity contribution is -0.115. The Kier molecular flexibility index (Phi) is 4.57. The molecule has 7 heteroatoms. The summed E-state index contributed by atoms with van der Waals surface area (Å²) in [5.41, 5.74) is 2.22. The van der Waals surface area contributed by atoms with E-state index in [1.165, 1.54) is 19.2 Å². The van der Waals surface area contributed by atoms with Crippen molar-refractivity contribution in [1.29, 1.82) is 0 Å². The van der Waals surface area contributed by atoms with E-state index in [9.17, 15) is 9.18 Å². The Morgan fingerprint density at radius 3 is 3.09 bits per heavy atom. The number of hydrogen-bond donors (Lipinski definition) is 3. The van der Waals surface area contributed by atoms with Gasteiger partial charge in [-0.25, -0.2) is 4.39 Å². The van der Waals surface area contributed by atoms with Crippen molar-refractivity contribution in [2.75, 3.05) is 25.5 Å². The highest BCUT2D eigenvalue weighted by Crippen LogP contribution is 2.27. The van der Waals surface area contributed by atoms with Crippen molar-refractivity contribution in [3.63, 3.8) is 0 Å². The smallest absolute Gasteiger partial charge is 0.228 e. The van der Waals surface area contributed by atoms with Crippen LogP contribution in [0.5, 0.6) is 5.75 Å². The van der Waals surface area contributed by atoms with E-state index < -0.39 is 5.82 Å². The van der Waals surface area contributed by atoms with Gasteiger partial charge in [0.05, 0.1) is 31.1 Å². The van der Waals surface area contributed by atoms with Gasteiger partial charge in [0, 0.05) is 12.5 Å². The number of halogens is 1. The Morgan fingerprint density at radius 2 is 2.39 bits per heavy atom. The summed E-state index contributed by atoms with van der Waals surface area (Å²) in [5, 5.41) is 13.1. The predicted octanol–water partition coefficient (Wildman–Crippen LogP) is 1.82. The zero-order chi connectivity index (χ0) is 16.2. The molecule has 122 valence electrons. The third-order valence-electron chi connectivity index (χ3n) is 3.99. The molecule has 1 aromatic carbocycles. The van der Waals surface area contributed by atoms with E-state index in [0.29, 0.717) is 17.2 Å². The van der Waals surface area contributed by atoms with E-state index in [1.807, 2.05) is 0 Å². The number of hydrogen-bond acceptors (Lipinski definition) is 4. The van der Waals surface area contributed by atoms with Gasteiger partial charge in [0.2, 0.25) is 5.91 Å². The number of benzene rings is 1. The van der Waals surface area contributed by atoms with Crippen LogP contribution in [0.2, 0.25) is 0 Å². The zero-order valence-electron chi connectivity index (χ0n) is 12.9. The number of nitrogens with one attached hydrogen (secondary N) is 3. The van der Waals surface area contributed by atoms with Crippen LogP contribution in [0.25, 0.3) is 0 Å². The number of H-pyrrole nitrogens is 1. The molecule has 0 saturated carbocycles. The molecule has 1 aromatic heterocycles. The fourth-order valence-electron chi connectivity index (χ4n) is 2.81. The van der Waals surface area contributed by atoms with Gasteiger partial charge in [-0.1, -0.05) is 6.07 Å². The number of nitrogens with zero attached hydrogens (tertiary/aromatic N) is 1. The van der Waals surface area contributed by atoms with Crippen molar-refractivity contribution in [1.82, 2.24) is 15.5 Å². The molecule has 3 rings (SSSR count). The quantitative estimate of drug-likeness (QED) is 0.786. The summed E-state index contributed by atoms with van der Waals surface area (Å²) in [7, 11) is 1.41. The first-order valence-electron chi connectivity index (χ1n) is 7.53. The Morgan fingerprint density at radius 1 is 1.52 bits per heavy atom. The van der Waals surface area contributed by atoms with Crippen molar-refractivity contribution < 1.29 is 13.9 Å². The van der Waals surface area contributed by atoms with Gasteiger partial charge < -0.3 is 15.4 Å². The highest BCUT2D eigenvalue weighted by Gasteiger charge is 2.22. The molecule has 1 fully saturated rings. The molecule has 1 saturated heterocycles. The van der Waals surface area contributed by atoms with Crippen LogP contribution in [0.4, 0.5) is 10.1 Å². The maximum absolute atomic E-state index is 13.7. The van der Waals surface area contributed by atoms with Crippen LogP contribution in [-0.4, -0.2) is 36.3 Å². The van der Waals surface area contributed by atoms with E-state index in [4.69, 9.17) is 4.74 Å². The first kappa shape index (κ1) is 15.5. The number of amides is 1. The van der Waals surface area contributed by atoms with Crippen LogP contribution >= 0.6 is 0 Å². The first-order chi connectivity index (χ1) is 11.2. The van der Waals surface area contributed by atoms with Gasteiger partial charge in [-0.05, 0) is 30.7 Å². The molecule has 0 spiro atoms. The van der Waals surface area contributed by atoms with Gasteiger partial charge in [0.1, 0.15) is 0 Å². The van der Waals surface area contributed by atoms with E-state index in [0.717, 1.165) is 25.2 Å². The zero-order valence-corrected chi connectivity index (χ0v) is 12.9. The number of carbonyl (C=O) groups excluding carboxylic acids is 1. The minimum Gasteiger partial charge on any atom is -0.494 e. The largest absolute Gasteiger partial charge is 0.494 e. The fraction of sp³-hybridized carbons (Fsp3) is 0.375. The highest BCUT2D eigenvalue weighted by atomic mass is 19.1. The molecule has 2 heterocycles. The average molecular weight is 318 g/mol. The molecular formula is C16H19FN4O2. The summed E-state index contributed by atoms with van der Waals surface area (Å²) in [6.45, 7) is 1.83. The molecule has 1 aliphatic heterocycles. The minimum absolute atomic E-state index is 0.0917. The van der Waals surface area contributed by atoms with Crippen LogP contribution in [0, 0.1) is 5.82 Å². The Labute approximate surface area is 133 Å². The van der Waals surface area contributed by atoms with Gasteiger partial charge in [-0.3, -0.25) is 9.89 Å². The van der Waals surface area contributed by atoms with Crippen LogP contribution < -0.4 is 15.4 Å². The molecule has 1 unspecified atom stereocenters. The lowest BCUT2D eigenvalue weighted by Gasteiger charge is -2.10. The SMILES string of the molecule is COc1ccc(CC(=O)Nc2cn[nH]c2C2CCNC2)cc1F. The normalized spacial score (nSPS) is 17.2. The maximum Gasteiger partial charge on any atom is 0.228 e. The molecule has 0 aliphatic carbocycles. The van der Waals surface area contributed by atoms with E-state index in [1.54, 1.807) is 12.3 Å². The Balaban J connectivity index is 1.66. The number of anilines is 1. The van der Waals surface area contributed by atoms with Crippen molar-refractivity contribution in [3.8, 4) is 5.75 Å². The van der Waals surface area contributed by atoms with Crippen molar-refractivity contribution in [2.24, 2.45) is 0 Å². The summed E-state index contributed by atoms with van der Waals surface area (Å²) in [4.78, 5) is 12.2. The molecule has 0 radical (unpaired) electrons. The van der Waals surface area contributed by atoms with E-state index in [2.05, 4.69) is 20.8 Å². The molecule has 6 nitrogen and oxygen atoms in total. The van der Waals surface area contributed by atoms with E-state index >= 15 is 0 Å². The number of methoxy groups -OCH3 is 1. The molecule has 3 N–H and O–H groups in total. The van der Waals surface area contributed by atoms with Gasteiger partial charge in [-0.15, -0.1) is 0 Å².